The van der Waals surface area contributed by atoms with Gasteiger partial charge in [-0.15, -0.1) is 0 Å². The summed E-state index contributed by atoms with van der Waals surface area (Å²) < 4.78 is 25.3. The molecule has 0 saturated heterocycles. The van der Waals surface area contributed by atoms with Crippen molar-refractivity contribution in [3.8, 4) is 0 Å². The fraction of sp³-hybridized carbons (Fsp3) is 0.833. The van der Waals surface area contributed by atoms with Gasteiger partial charge in [0.15, 0.2) is 12.4 Å². The Morgan fingerprint density at radius 1 is 1.43 bits per heavy atom. The molecule has 0 rings (SSSR count). The maximum atomic E-state index is 10.6. The van der Waals surface area contributed by atoms with Crippen molar-refractivity contribution >= 4 is 16.4 Å². The lowest BCUT2D eigenvalue weighted by Gasteiger charge is -2.20. The summed E-state index contributed by atoms with van der Waals surface area (Å²) in [5.74, 6) is 0. The summed E-state index contributed by atoms with van der Waals surface area (Å²) in [4.78, 5) is 10.3. The number of aldehydes is 1. The third-order valence-corrected chi connectivity index (χ3v) is 1.91. The Labute approximate surface area is 81.1 Å². The Bertz CT molecular complexity index is 272. The molecule has 3 N–H and O–H groups in total. The van der Waals surface area contributed by atoms with Crippen molar-refractivity contribution in [2.24, 2.45) is 0 Å². The zero-order chi connectivity index (χ0) is 11.4. The molecule has 14 heavy (non-hydrogen) atoms. The summed E-state index contributed by atoms with van der Waals surface area (Å²) in [6.45, 7) is -0.807. The molecule has 0 aromatic carbocycles. The summed E-state index contributed by atoms with van der Waals surface area (Å²) in [6.07, 6.45) is -4.40. The van der Waals surface area contributed by atoms with Crippen LogP contribution in [0.5, 0.6) is 0 Å². The molecule has 0 amide bonds. The van der Waals surface area contributed by atoms with E-state index in [2.05, 4.69) is 4.18 Å². The Morgan fingerprint density at radius 2 is 1.93 bits per heavy atom. The fourth-order valence-corrected chi connectivity index (χ4v) is 1.25. The van der Waals surface area contributed by atoms with E-state index < -0.39 is 35.0 Å². The van der Waals surface area contributed by atoms with E-state index in [1.165, 1.54) is 0 Å². The van der Waals surface area contributed by atoms with E-state index in [4.69, 9.17) is 15.3 Å². The summed E-state index contributed by atoms with van der Waals surface area (Å²) in [7, 11) is -3.91. The number of aliphatic hydroxyl groups is 3. The fourth-order valence-electron chi connectivity index (χ4n) is 0.689. The van der Waals surface area contributed by atoms with Crippen LogP contribution in [0.25, 0.3) is 0 Å². The molecule has 0 aromatic rings. The Balaban J connectivity index is 4.49. The van der Waals surface area contributed by atoms with E-state index >= 15 is 0 Å². The van der Waals surface area contributed by atoms with Gasteiger partial charge >= 0.3 is 0 Å². The number of carbonyl (C=O) groups excluding carboxylic acids is 1. The van der Waals surface area contributed by atoms with Gasteiger partial charge in [-0.1, -0.05) is 0 Å². The van der Waals surface area contributed by atoms with Gasteiger partial charge < -0.3 is 20.1 Å². The first-order valence-corrected chi connectivity index (χ1v) is 5.44. The van der Waals surface area contributed by atoms with Gasteiger partial charge in [0.05, 0.1) is 12.9 Å². The molecule has 0 aliphatic carbocycles. The molecule has 0 bridgehead atoms. The van der Waals surface area contributed by atoms with Crippen molar-refractivity contribution in [2.45, 2.75) is 18.3 Å². The van der Waals surface area contributed by atoms with Gasteiger partial charge in [0.2, 0.25) is 0 Å². The van der Waals surface area contributed by atoms with Crippen molar-refractivity contribution in [2.75, 3.05) is 12.9 Å². The molecular weight excluding hydrogens is 216 g/mol. The SMILES string of the molecule is CS(=O)(=O)O[C@@H](C=O)[C@H](O)[C@H](O)CO. The highest BCUT2D eigenvalue weighted by atomic mass is 32.2. The summed E-state index contributed by atoms with van der Waals surface area (Å²) in [6, 6.07) is 0. The quantitative estimate of drug-likeness (QED) is 0.332. The Kier molecular flexibility index (Phi) is 5.16. The first-order chi connectivity index (χ1) is 6.31. The number of carbonyl (C=O) groups is 1. The minimum atomic E-state index is -3.91. The second-order valence-corrected chi connectivity index (χ2v) is 4.24. The van der Waals surface area contributed by atoms with Crippen LogP contribution in [0.3, 0.4) is 0 Å². The van der Waals surface area contributed by atoms with E-state index in [1.54, 1.807) is 0 Å². The predicted octanol–water partition coefficient (Wildman–Crippen LogP) is -2.76. The normalized spacial score (nSPS) is 18.6. The van der Waals surface area contributed by atoms with Gasteiger partial charge in [-0.05, 0) is 0 Å². The van der Waals surface area contributed by atoms with Crippen LogP contribution in [0, 0.1) is 0 Å². The highest BCUT2D eigenvalue weighted by molar-refractivity contribution is 7.86. The van der Waals surface area contributed by atoms with Crippen molar-refractivity contribution in [1.82, 2.24) is 0 Å². The van der Waals surface area contributed by atoms with Gasteiger partial charge in [-0.2, -0.15) is 8.42 Å². The first kappa shape index (κ1) is 13.5. The monoisotopic (exact) mass is 228 g/mol. The third-order valence-electron chi connectivity index (χ3n) is 1.34. The lowest BCUT2D eigenvalue weighted by Crippen LogP contribution is -2.42. The van der Waals surface area contributed by atoms with Crippen molar-refractivity contribution in [1.29, 1.82) is 0 Å². The summed E-state index contributed by atoms with van der Waals surface area (Å²) >= 11 is 0. The number of aliphatic hydroxyl groups excluding tert-OH is 3. The summed E-state index contributed by atoms with van der Waals surface area (Å²) in [5.41, 5.74) is 0. The van der Waals surface area contributed by atoms with Gasteiger partial charge in [-0.25, -0.2) is 0 Å². The van der Waals surface area contributed by atoms with Crippen molar-refractivity contribution in [3.05, 3.63) is 0 Å². The smallest absolute Gasteiger partial charge is 0.265 e. The molecule has 0 saturated carbocycles. The second-order valence-electron chi connectivity index (χ2n) is 2.64. The molecule has 0 fully saturated rings. The van der Waals surface area contributed by atoms with Crippen LogP contribution >= 0.6 is 0 Å². The molecular formula is C6H12O7S. The standard InChI is InChI=1S/C6H12O7S/c1-14(11,12)13-5(3-8)6(10)4(9)2-7/h3-7,9-10H,2H2,1H3/t4-,5+,6-/m1/s1. The van der Waals surface area contributed by atoms with Crippen LogP contribution < -0.4 is 0 Å². The van der Waals surface area contributed by atoms with Crippen LogP contribution in [0.15, 0.2) is 0 Å². The molecule has 0 unspecified atom stereocenters. The first-order valence-electron chi connectivity index (χ1n) is 3.62. The largest absolute Gasteiger partial charge is 0.394 e. The minimum Gasteiger partial charge on any atom is -0.394 e. The minimum absolute atomic E-state index is 0.0323. The maximum Gasteiger partial charge on any atom is 0.265 e. The highest BCUT2D eigenvalue weighted by Gasteiger charge is 2.29. The Morgan fingerprint density at radius 3 is 2.21 bits per heavy atom. The van der Waals surface area contributed by atoms with Crippen LogP contribution in [-0.2, 0) is 19.1 Å². The Hall–Kier alpha value is -0.540. The van der Waals surface area contributed by atoms with Gasteiger partial charge in [0, 0.05) is 0 Å². The molecule has 7 nitrogen and oxygen atoms in total. The average Bonchev–Trinajstić information content (AvgIpc) is 2.10. The predicted molar refractivity (Wildman–Crippen MR) is 44.9 cm³/mol. The van der Waals surface area contributed by atoms with Crippen molar-refractivity contribution in [3.63, 3.8) is 0 Å². The number of rotatable bonds is 6. The highest BCUT2D eigenvalue weighted by Crippen LogP contribution is 2.05. The molecule has 3 atom stereocenters. The lowest BCUT2D eigenvalue weighted by atomic mass is 10.1. The van der Waals surface area contributed by atoms with Gasteiger partial charge in [0.25, 0.3) is 10.1 Å². The topological polar surface area (TPSA) is 121 Å². The average molecular weight is 228 g/mol. The lowest BCUT2D eigenvalue weighted by molar-refractivity contribution is -0.124. The zero-order valence-corrected chi connectivity index (χ0v) is 8.22. The van der Waals surface area contributed by atoms with E-state index in [-0.39, 0.29) is 6.29 Å². The van der Waals surface area contributed by atoms with E-state index in [0.29, 0.717) is 6.26 Å². The van der Waals surface area contributed by atoms with Crippen LogP contribution in [0.1, 0.15) is 0 Å². The van der Waals surface area contributed by atoms with E-state index in [9.17, 15) is 13.2 Å². The molecule has 0 aliphatic rings. The van der Waals surface area contributed by atoms with Crippen LogP contribution in [0.2, 0.25) is 0 Å². The third kappa shape index (κ3) is 4.63. The molecule has 0 aromatic heterocycles. The van der Waals surface area contributed by atoms with Gasteiger partial charge in [-0.3, -0.25) is 4.18 Å². The van der Waals surface area contributed by atoms with Crippen LogP contribution in [0.4, 0.5) is 0 Å². The summed E-state index contributed by atoms with van der Waals surface area (Å²) in [5, 5.41) is 26.4. The number of hydrogen-bond acceptors (Lipinski definition) is 7. The molecule has 84 valence electrons. The molecule has 8 heteroatoms. The molecule has 0 radical (unpaired) electrons. The van der Waals surface area contributed by atoms with Crippen molar-refractivity contribution < 1.29 is 32.7 Å². The zero-order valence-electron chi connectivity index (χ0n) is 7.40. The van der Waals surface area contributed by atoms with E-state index in [0.717, 1.165) is 0 Å². The van der Waals surface area contributed by atoms with Gasteiger partial charge in [0.1, 0.15) is 12.2 Å². The van der Waals surface area contributed by atoms with E-state index in [1.807, 2.05) is 0 Å². The number of hydrogen-bond donors (Lipinski definition) is 3. The molecule has 0 aliphatic heterocycles. The second kappa shape index (κ2) is 5.37. The van der Waals surface area contributed by atoms with Crippen LogP contribution in [-0.4, -0.2) is 61.2 Å². The maximum absolute atomic E-state index is 10.6. The molecule has 0 spiro atoms. The molecule has 0 heterocycles.